The van der Waals surface area contributed by atoms with Crippen molar-refractivity contribution in [3.63, 3.8) is 0 Å². The van der Waals surface area contributed by atoms with Gasteiger partial charge in [0.1, 0.15) is 17.1 Å². The number of aromatic hydroxyl groups is 1. The van der Waals surface area contributed by atoms with Gasteiger partial charge in [0.2, 0.25) is 0 Å². The Kier molecular flexibility index (Phi) is 7.19. The highest BCUT2D eigenvalue weighted by molar-refractivity contribution is 6.03. The summed E-state index contributed by atoms with van der Waals surface area (Å²) in [5.41, 5.74) is 10.6. The number of anilines is 4. The summed E-state index contributed by atoms with van der Waals surface area (Å²) in [5.74, 6) is 2.10. The maximum Gasteiger partial charge on any atom is 0.256 e. The fourth-order valence-corrected chi connectivity index (χ4v) is 4.85. The summed E-state index contributed by atoms with van der Waals surface area (Å²) in [6.45, 7) is 11.0. The van der Waals surface area contributed by atoms with Crippen LogP contribution in [0.15, 0.2) is 36.4 Å². The van der Waals surface area contributed by atoms with Gasteiger partial charge in [-0.25, -0.2) is 0 Å². The molecular formula is C27H36N6O2. The van der Waals surface area contributed by atoms with E-state index in [0.717, 1.165) is 47.3 Å². The van der Waals surface area contributed by atoms with E-state index in [-0.39, 0.29) is 5.56 Å². The summed E-state index contributed by atoms with van der Waals surface area (Å²) >= 11 is 0. The largest absolute Gasteiger partial charge is 0.507 e. The number of phenolic OH excluding ortho intramolecular Hbond substituents is 1. The van der Waals surface area contributed by atoms with Gasteiger partial charge < -0.3 is 26.4 Å². The summed E-state index contributed by atoms with van der Waals surface area (Å²) in [6.07, 6.45) is 2.46. The minimum Gasteiger partial charge on any atom is -0.507 e. The van der Waals surface area contributed by atoms with E-state index in [0.29, 0.717) is 23.9 Å². The number of phenols is 1. The predicted molar refractivity (Wildman–Crippen MR) is 142 cm³/mol. The third-order valence-electron chi connectivity index (χ3n) is 7.01. The van der Waals surface area contributed by atoms with Crippen LogP contribution >= 0.6 is 0 Å². The highest BCUT2D eigenvalue weighted by atomic mass is 16.3. The molecule has 0 unspecified atom stereocenters. The van der Waals surface area contributed by atoms with Gasteiger partial charge in [0.05, 0.1) is 0 Å². The van der Waals surface area contributed by atoms with Gasteiger partial charge in [-0.2, -0.15) is 5.10 Å². The van der Waals surface area contributed by atoms with Gasteiger partial charge in [0, 0.05) is 31.0 Å². The van der Waals surface area contributed by atoms with Crippen molar-refractivity contribution in [1.82, 2.24) is 10.2 Å². The molecule has 1 saturated heterocycles. The van der Waals surface area contributed by atoms with E-state index in [9.17, 15) is 9.90 Å². The van der Waals surface area contributed by atoms with Crippen LogP contribution < -0.4 is 21.3 Å². The number of aryl methyl sites for hydroxylation is 2. The number of piperidine rings is 1. The molecule has 2 heterocycles. The minimum absolute atomic E-state index is 0.275. The number of nitrogens with one attached hydrogen (secondary N) is 3. The second-order valence-electron chi connectivity index (χ2n) is 9.86. The van der Waals surface area contributed by atoms with Crippen molar-refractivity contribution in [2.24, 2.45) is 17.6 Å². The van der Waals surface area contributed by atoms with Crippen LogP contribution in [0.1, 0.15) is 53.7 Å². The maximum absolute atomic E-state index is 12.2. The maximum atomic E-state index is 12.2. The molecule has 6 N–H and O–H groups in total. The number of rotatable bonds is 8. The topological polar surface area (TPSA) is 119 Å². The zero-order valence-corrected chi connectivity index (χ0v) is 21.0. The molecule has 3 aromatic rings. The van der Waals surface area contributed by atoms with Crippen LogP contribution in [0.5, 0.6) is 5.75 Å². The number of aromatic nitrogens is 2. The first kappa shape index (κ1) is 24.4. The van der Waals surface area contributed by atoms with Crippen LogP contribution in [0, 0.1) is 25.7 Å². The zero-order chi connectivity index (χ0) is 25.1. The number of carbonyl (C=O) groups excluding carboxylic acids is 1. The Balaban J connectivity index is 1.43. The van der Waals surface area contributed by atoms with Crippen molar-refractivity contribution in [2.75, 3.05) is 28.6 Å². The van der Waals surface area contributed by atoms with Gasteiger partial charge in [-0.05, 0) is 79.5 Å². The van der Waals surface area contributed by atoms with Crippen molar-refractivity contribution >= 4 is 28.9 Å². The molecule has 1 aromatic heterocycles. The van der Waals surface area contributed by atoms with Crippen LogP contribution in [0.4, 0.5) is 23.0 Å². The lowest BCUT2D eigenvalue weighted by Gasteiger charge is -2.35. The van der Waals surface area contributed by atoms with Gasteiger partial charge in [0.25, 0.3) is 5.91 Å². The van der Waals surface area contributed by atoms with E-state index >= 15 is 0 Å². The average molecular weight is 477 g/mol. The van der Waals surface area contributed by atoms with Gasteiger partial charge in [0.15, 0.2) is 5.82 Å². The first-order chi connectivity index (χ1) is 16.7. The quantitative estimate of drug-likeness (QED) is 0.310. The standard InChI is InChI=1S/C27H36N6O2/c1-16(2)20-9-11-33(12-10-20)22-7-5-21(6-8-22)30-27-23(25(28)35)26(31-32-27)29-15-19-13-17(3)24(34)18(4)14-19/h5-8,13-14,16,20,34H,9-12,15H2,1-4H3,(H2,28,35)(H3,29,30,31,32). The second-order valence-corrected chi connectivity index (χ2v) is 9.86. The number of hydrogen-bond donors (Lipinski definition) is 5. The number of carbonyl (C=O) groups is 1. The van der Waals surface area contributed by atoms with E-state index in [1.54, 1.807) is 0 Å². The lowest BCUT2D eigenvalue weighted by atomic mass is 9.86. The molecule has 8 nitrogen and oxygen atoms in total. The molecule has 4 rings (SSSR count). The molecular weight excluding hydrogens is 440 g/mol. The first-order valence-electron chi connectivity index (χ1n) is 12.3. The smallest absolute Gasteiger partial charge is 0.256 e. The first-order valence-corrected chi connectivity index (χ1v) is 12.3. The Labute approximate surface area is 206 Å². The van der Waals surface area contributed by atoms with E-state index < -0.39 is 5.91 Å². The molecule has 1 fully saturated rings. The number of H-pyrrole nitrogens is 1. The molecule has 2 aromatic carbocycles. The number of benzene rings is 2. The monoisotopic (exact) mass is 476 g/mol. The SMILES string of the molecule is Cc1cc(CNc2[nH]nc(Nc3ccc(N4CCC(C(C)C)CC4)cc3)c2C(N)=O)cc(C)c1O. The Hall–Kier alpha value is -3.68. The third-order valence-corrected chi connectivity index (χ3v) is 7.01. The van der Waals surface area contributed by atoms with Gasteiger partial charge in [-0.15, -0.1) is 0 Å². The van der Waals surface area contributed by atoms with Crippen molar-refractivity contribution in [3.8, 4) is 5.75 Å². The lowest BCUT2D eigenvalue weighted by Crippen LogP contribution is -2.35. The molecule has 1 aliphatic heterocycles. The summed E-state index contributed by atoms with van der Waals surface area (Å²) in [6, 6.07) is 12.0. The van der Waals surface area contributed by atoms with E-state index in [2.05, 4.69) is 51.7 Å². The molecule has 0 spiro atoms. The molecule has 0 saturated carbocycles. The van der Waals surface area contributed by atoms with E-state index in [1.165, 1.54) is 18.5 Å². The van der Waals surface area contributed by atoms with Crippen LogP contribution in [0.2, 0.25) is 0 Å². The predicted octanol–water partition coefficient (Wildman–Crippen LogP) is 5.06. The van der Waals surface area contributed by atoms with E-state index in [4.69, 9.17) is 5.73 Å². The van der Waals surface area contributed by atoms with Crippen molar-refractivity contribution in [2.45, 2.75) is 47.1 Å². The number of primary amides is 1. The second kappa shape index (κ2) is 10.3. The molecule has 0 bridgehead atoms. The molecule has 0 atom stereocenters. The number of nitrogens with two attached hydrogens (primary N) is 1. The molecule has 1 amide bonds. The Morgan fingerprint density at radius 3 is 2.37 bits per heavy atom. The van der Waals surface area contributed by atoms with Crippen LogP contribution in [0.25, 0.3) is 0 Å². The number of aromatic amines is 1. The molecule has 0 radical (unpaired) electrons. The lowest BCUT2D eigenvalue weighted by molar-refractivity contribution is 0.100. The molecule has 186 valence electrons. The molecule has 1 aliphatic rings. The summed E-state index contributed by atoms with van der Waals surface area (Å²) in [5, 5.41) is 23.6. The molecule has 35 heavy (non-hydrogen) atoms. The van der Waals surface area contributed by atoms with Crippen molar-refractivity contribution in [3.05, 3.63) is 58.7 Å². The Morgan fingerprint density at radius 1 is 1.17 bits per heavy atom. The molecule has 0 aliphatic carbocycles. The van der Waals surface area contributed by atoms with Crippen LogP contribution in [0.3, 0.4) is 0 Å². The number of nitrogens with zero attached hydrogens (tertiary/aromatic N) is 2. The summed E-state index contributed by atoms with van der Waals surface area (Å²) in [7, 11) is 0. The van der Waals surface area contributed by atoms with Crippen molar-refractivity contribution in [1.29, 1.82) is 0 Å². The van der Waals surface area contributed by atoms with E-state index in [1.807, 2.05) is 38.1 Å². The summed E-state index contributed by atoms with van der Waals surface area (Å²) < 4.78 is 0. The van der Waals surface area contributed by atoms with Gasteiger partial charge in [-0.1, -0.05) is 26.0 Å². The minimum atomic E-state index is -0.577. The van der Waals surface area contributed by atoms with Gasteiger partial charge in [-0.3, -0.25) is 9.89 Å². The fourth-order valence-electron chi connectivity index (χ4n) is 4.85. The third kappa shape index (κ3) is 5.53. The average Bonchev–Trinajstić information content (AvgIpc) is 3.24. The number of hydrogen-bond acceptors (Lipinski definition) is 6. The van der Waals surface area contributed by atoms with Crippen molar-refractivity contribution < 1.29 is 9.90 Å². The molecule has 8 heteroatoms. The van der Waals surface area contributed by atoms with Crippen LogP contribution in [-0.4, -0.2) is 34.3 Å². The Morgan fingerprint density at radius 2 is 1.80 bits per heavy atom. The Bertz CT molecular complexity index is 1150. The fraction of sp³-hybridized carbons (Fsp3) is 0.407. The summed E-state index contributed by atoms with van der Waals surface area (Å²) in [4.78, 5) is 14.7. The highest BCUT2D eigenvalue weighted by Crippen LogP contribution is 2.30. The van der Waals surface area contributed by atoms with Gasteiger partial charge >= 0.3 is 0 Å². The highest BCUT2D eigenvalue weighted by Gasteiger charge is 2.22. The zero-order valence-electron chi connectivity index (χ0n) is 21.0. The normalized spacial score (nSPS) is 14.4. The van der Waals surface area contributed by atoms with Crippen LogP contribution in [-0.2, 0) is 6.54 Å². The number of amides is 1.